The molecule has 0 aliphatic carbocycles. The van der Waals surface area contributed by atoms with Crippen LogP contribution in [0.3, 0.4) is 0 Å². The van der Waals surface area contributed by atoms with Crippen LogP contribution >= 0.6 is 0 Å². The molecule has 0 aromatic heterocycles. The van der Waals surface area contributed by atoms with Gasteiger partial charge in [-0.1, -0.05) is 51.5 Å². The first-order chi connectivity index (χ1) is 7.60. The second-order valence-electron chi connectivity index (χ2n) is 5.22. The van der Waals surface area contributed by atoms with Gasteiger partial charge in [0, 0.05) is 0 Å². The summed E-state index contributed by atoms with van der Waals surface area (Å²) in [6, 6.07) is 9.06. The van der Waals surface area contributed by atoms with Crippen LogP contribution in [0.25, 0.3) is 0 Å². The molecule has 0 heterocycles. The molecule has 0 bridgehead atoms. The molecule has 16 heavy (non-hydrogen) atoms. The van der Waals surface area contributed by atoms with Crippen LogP contribution in [-0.2, 0) is 11.8 Å². The van der Waals surface area contributed by atoms with Crippen molar-refractivity contribution in [3.63, 3.8) is 0 Å². The van der Waals surface area contributed by atoms with Crippen molar-refractivity contribution in [3.8, 4) is 0 Å². The predicted octanol–water partition coefficient (Wildman–Crippen LogP) is 3.66. The Hall–Kier alpha value is -0.820. The first kappa shape index (κ1) is 13.2. The standard InChI is InChI=1S/C15H25N/c1-4-5-6-13-7-9-14(10-8-13)15(2,3)11-12-16/h7-10H,4-6,11-12,16H2,1-3H3. The van der Waals surface area contributed by atoms with Gasteiger partial charge in [0.25, 0.3) is 0 Å². The molecule has 0 unspecified atom stereocenters. The van der Waals surface area contributed by atoms with E-state index in [1.165, 1.54) is 30.4 Å². The molecule has 1 nitrogen and oxygen atoms in total. The fraction of sp³-hybridized carbons (Fsp3) is 0.600. The van der Waals surface area contributed by atoms with E-state index in [0.29, 0.717) is 0 Å². The number of hydrogen-bond acceptors (Lipinski definition) is 1. The first-order valence-electron chi connectivity index (χ1n) is 6.39. The maximum absolute atomic E-state index is 5.65. The molecule has 0 spiro atoms. The lowest BCUT2D eigenvalue weighted by molar-refractivity contribution is 0.487. The minimum absolute atomic E-state index is 0.206. The third-order valence-corrected chi connectivity index (χ3v) is 3.32. The fourth-order valence-corrected chi connectivity index (χ4v) is 2.01. The third kappa shape index (κ3) is 3.64. The highest BCUT2D eigenvalue weighted by Crippen LogP contribution is 2.26. The van der Waals surface area contributed by atoms with E-state index in [0.717, 1.165) is 13.0 Å². The first-order valence-corrected chi connectivity index (χ1v) is 6.39. The Morgan fingerprint density at radius 3 is 2.25 bits per heavy atom. The molecule has 0 radical (unpaired) electrons. The SMILES string of the molecule is CCCCc1ccc(C(C)(C)CCN)cc1. The number of rotatable bonds is 6. The molecule has 1 aromatic rings. The summed E-state index contributed by atoms with van der Waals surface area (Å²) in [5.74, 6) is 0. The Labute approximate surface area is 100 Å². The van der Waals surface area contributed by atoms with Gasteiger partial charge >= 0.3 is 0 Å². The van der Waals surface area contributed by atoms with Gasteiger partial charge in [-0.3, -0.25) is 0 Å². The average molecular weight is 219 g/mol. The van der Waals surface area contributed by atoms with E-state index >= 15 is 0 Å². The summed E-state index contributed by atoms with van der Waals surface area (Å²) < 4.78 is 0. The molecule has 0 atom stereocenters. The summed E-state index contributed by atoms with van der Waals surface area (Å²) in [7, 11) is 0. The van der Waals surface area contributed by atoms with Gasteiger partial charge in [0.1, 0.15) is 0 Å². The minimum atomic E-state index is 0.206. The summed E-state index contributed by atoms with van der Waals surface area (Å²) >= 11 is 0. The lowest BCUT2D eigenvalue weighted by atomic mass is 9.81. The quantitative estimate of drug-likeness (QED) is 0.776. The molecular weight excluding hydrogens is 194 g/mol. The van der Waals surface area contributed by atoms with E-state index in [4.69, 9.17) is 5.73 Å². The molecule has 0 saturated carbocycles. The second-order valence-corrected chi connectivity index (χ2v) is 5.22. The van der Waals surface area contributed by atoms with Crippen molar-refractivity contribution in [1.82, 2.24) is 0 Å². The molecule has 0 aliphatic heterocycles. The zero-order valence-electron chi connectivity index (χ0n) is 10.9. The topological polar surface area (TPSA) is 26.0 Å². The molecule has 0 amide bonds. The van der Waals surface area contributed by atoms with Crippen LogP contribution in [0.2, 0.25) is 0 Å². The zero-order chi connectivity index (χ0) is 12.0. The van der Waals surface area contributed by atoms with Crippen molar-refractivity contribution in [2.24, 2.45) is 5.73 Å². The molecule has 0 saturated heterocycles. The molecule has 1 aromatic carbocycles. The van der Waals surface area contributed by atoms with Gasteiger partial charge in [-0.2, -0.15) is 0 Å². The number of hydrogen-bond donors (Lipinski definition) is 1. The number of aryl methyl sites for hydroxylation is 1. The summed E-state index contributed by atoms with van der Waals surface area (Å²) in [6.45, 7) is 7.52. The van der Waals surface area contributed by atoms with Crippen molar-refractivity contribution >= 4 is 0 Å². The van der Waals surface area contributed by atoms with E-state index in [-0.39, 0.29) is 5.41 Å². The highest BCUT2D eigenvalue weighted by molar-refractivity contribution is 5.28. The maximum Gasteiger partial charge on any atom is -0.00690 e. The Kier molecular flexibility index (Phi) is 5.01. The minimum Gasteiger partial charge on any atom is -0.330 e. The van der Waals surface area contributed by atoms with Gasteiger partial charge in [-0.15, -0.1) is 0 Å². The van der Waals surface area contributed by atoms with Crippen molar-refractivity contribution in [2.45, 2.75) is 51.9 Å². The molecule has 0 fully saturated rings. The lowest BCUT2D eigenvalue weighted by Crippen LogP contribution is -2.21. The number of benzene rings is 1. The van der Waals surface area contributed by atoms with Gasteiger partial charge in [0.2, 0.25) is 0 Å². The lowest BCUT2D eigenvalue weighted by Gasteiger charge is -2.24. The normalized spacial score (nSPS) is 11.8. The predicted molar refractivity (Wildman–Crippen MR) is 71.8 cm³/mol. The van der Waals surface area contributed by atoms with Crippen molar-refractivity contribution in [2.75, 3.05) is 6.54 Å². The van der Waals surface area contributed by atoms with Crippen LogP contribution in [0.4, 0.5) is 0 Å². The van der Waals surface area contributed by atoms with Crippen LogP contribution in [0.5, 0.6) is 0 Å². The summed E-state index contributed by atoms with van der Waals surface area (Å²) in [5, 5.41) is 0. The van der Waals surface area contributed by atoms with Crippen LogP contribution in [0, 0.1) is 0 Å². The maximum atomic E-state index is 5.65. The zero-order valence-corrected chi connectivity index (χ0v) is 10.9. The van der Waals surface area contributed by atoms with Crippen molar-refractivity contribution in [3.05, 3.63) is 35.4 Å². The summed E-state index contributed by atoms with van der Waals surface area (Å²) in [6.07, 6.45) is 4.79. The Morgan fingerprint density at radius 1 is 1.12 bits per heavy atom. The molecule has 90 valence electrons. The third-order valence-electron chi connectivity index (χ3n) is 3.32. The summed E-state index contributed by atoms with van der Waals surface area (Å²) in [5.41, 5.74) is 8.71. The molecule has 0 aliphatic rings. The average Bonchev–Trinajstić information content (AvgIpc) is 2.27. The van der Waals surface area contributed by atoms with E-state index in [2.05, 4.69) is 45.0 Å². The van der Waals surface area contributed by atoms with Crippen LogP contribution in [0.15, 0.2) is 24.3 Å². The Bertz CT molecular complexity index is 298. The smallest absolute Gasteiger partial charge is 0.00690 e. The number of unbranched alkanes of at least 4 members (excludes halogenated alkanes) is 1. The second kappa shape index (κ2) is 6.05. The fourth-order valence-electron chi connectivity index (χ4n) is 2.01. The Morgan fingerprint density at radius 2 is 1.75 bits per heavy atom. The van der Waals surface area contributed by atoms with Gasteiger partial charge in [0.05, 0.1) is 0 Å². The largest absolute Gasteiger partial charge is 0.330 e. The van der Waals surface area contributed by atoms with E-state index in [9.17, 15) is 0 Å². The van der Waals surface area contributed by atoms with Crippen molar-refractivity contribution < 1.29 is 0 Å². The van der Waals surface area contributed by atoms with Gasteiger partial charge in [0.15, 0.2) is 0 Å². The molecule has 1 heteroatoms. The van der Waals surface area contributed by atoms with Crippen LogP contribution < -0.4 is 5.73 Å². The van der Waals surface area contributed by atoms with Gasteiger partial charge in [-0.25, -0.2) is 0 Å². The molecular formula is C15H25N. The molecule has 2 N–H and O–H groups in total. The highest BCUT2D eigenvalue weighted by Gasteiger charge is 2.18. The highest BCUT2D eigenvalue weighted by atomic mass is 14.5. The van der Waals surface area contributed by atoms with Crippen molar-refractivity contribution in [1.29, 1.82) is 0 Å². The summed E-state index contributed by atoms with van der Waals surface area (Å²) in [4.78, 5) is 0. The van der Waals surface area contributed by atoms with Gasteiger partial charge in [-0.05, 0) is 42.3 Å². The van der Waals surface area contributed by atoms with Crippen LogP contribution in [-0.4, -0.2) is 6.54 Å². The van der Waals surface area contributed by atoms with Crippen LogP contribution in [0.1, 0.15) is 51.2 Å². The van der Waals surface area contributed by atoms with E-state index in [1.54, 1.807) is 0 Å². The van der Waals surface area contributed by atoms with Gasteiger partial charge < -0.3 is 5.73 Å². The monoisotopic (exact) mass is 219 g/mol. The van der Waals surface area contributed by atoms with E-state index < -0.39 is 0 Å². The van der Waals surface area contributed by atoms with E-state index in [1.807, 2.05) is 0 Å². The Balaban J connectivity index is 2.70. The number of nitrogens with two attached hydrogens (primary N) is 1. The molecule has 1 rings (SSSR count).